The minimum Gasteiger partial charge on any atom is -0.465 e. The molecule has 55 heavy (non-hydrogen) atoms. The van der Waals surface area contributed by atoms with Crippen LogP contribution < -0.4 is 15.1 Å². The number of aryl methyl sites for hydroxylation is 2. The highest BCUT2D eigenvalue weighted by Crippen LogP contribution is 2.30. The van der Waals surface area contributed by atoms with Gasteiger partial charge in [-0.1, -0.05) is 87.4 Å². The molecule has 10 heteroatoms. The molecule has 0 fully saturated rings. The highest BCUT2D eigenvalue weighted by atomic mass is 16.5. The summed E-state index contributed by atoms with van der Waals surface area (Å²) >= 11 is 0. The van der Waals surface area contributed by atoms with Gasteiger partial charge in [0.1, 0.15) is 0 Å². The summed E-state index contributed by atoms with van der Waals surface area (Å²) in [4.78, 5) is 61.5. The number of esters is 1. The number of carbonyl (C=O) groups is 4. The molecule has 1 N–H and O–H groups in total. The highest BCUT2D eigenvalue weighted by Gasteiger charge is 2.20. The zero-order chi connectivity index (χ0) is 40.4. The van der Waals surface area contributed by atoms with E-state index in [0.29, 0.717) is 28.2 Å². The molecule has 5 rings (SSSR count). The molecule has 0 aliphatic carbocycles. The molecule has 10 nitrogen and oxygen atoms in total. The van der Waals surface area contributed by atoms with E-state index in [-0.39, 0.29) is 35.6 Å². The molecule has 1 atom stereocenters. The van der Waals surface area contributed by atoms with E-state index in [2.05, 4.69) is 15.3 Å². The Balaban J connectivity index is 0.000000253. The normalized spacial score (nSPS) is 11.3. The Morgan fingerprint density at radius 2 is 1.07 bits per heavy atom. The molecule has 0 spiro atoms. The average Bonchev–Trinajstić information content (AvgIpc) is 3.19. The van der Waals surface area contributed by atoms with Crippen LogP contribution in [0.3, 0.4) is 0 Å². The maximum atomic E-state index is 13.1. The number of ether oxygens (including phenoxy) is 1. The van der Waals surface area contributed by atoms with Gasteiger partial charge in [-0.15, -0.1) is 0 Å². The van der Waals surface area contributed by atoms with Crippen LogP contribution in [0.2, 0.25) is 0 Å². The lowest BCUT2D eigenvalue weighted by Crippen LogP contribution is -2.31. The van der Waals surface area contributed by atoms with E-state index in [1.807, 2.05) is 115 Å². The Labute approximate surface area is 324 Å². The lowest BCUT2D eigenvalue weighted by atomic mass is 9.99. The fourth-order valence-electron chi connectivity index (χ4n) is 5.72. The number of benzene rings is 4. The van der Waals surface area contributed by atoms with Gasteiger partial charge in [-0.3, -0.25) is 24.4 Å². The molecule has 0 saturated carbocycles. The Morgan fingerprint density at radius 3 is 1.49 bits per heavy atom. The number of hydrogen-bond acceptors (Lipinski definition) is 7. The third kappa shape index (κ3) is 10.9. The van der Waals surface area contributed by atoms with Gasteiger partial charge in [0.05, 0.1) is 30.6 Å². The van der Waals surface area contributed by atoms with Crippen molar-refractivity contribution in [1.82, 2.24) is 15.3 Å². The monoisotopic (exact) mass is 741 g/mol. The minimum absolute atomic E-state index is 0.00753. The first-order chi connectivity index (χ1) is 26.1. The molecular formula is C45H51N5O5. The van der Waals surface area contributed by atoms with Crippen LogP contribution in [-0.2, 0) is 14.3 Å². The second-order valence-electron chi connectivity index (χ2n) is 14.2. The zero-order valence-electron chi connectivity index (χ0n) is 33.4. The first kappa shape index (κ1) is 41.6. The molecule has 0 radical (unpaired) electrons. The van der Waals surface area contributed by atoms with Crippen LogP contribution in [0, 0.1) is 25.7 Å². The zero-order valence-corrected chi connectivity index (χ0v) is 33.4. The van der Waals surface area contributed by atoms with Gasteiger partial charge in [0.15, 0.2) is 0 Å². The smallest absolute Gasteiger partial charge is 0.337 e. The summed E-state index contributed by atoms with van der Waals surface area (Å²) in [7, 11) is 4.81. The molecule has 286 valence electrons. The van der Waals surface area contributed by atoms with E-state index in [9.17, 15) is 19.2 Å². The first-order valence-corrected chi connectivity index (χ1v) is 18.2. The second-order valence-corrected chi connectivity index (χ2v) is 14.2. The summed E-state index contributed by atoms with van der Waals surface area (Å²) in [5.74, 6) is -0.955. The Bertz CT molecular complexity index is 2110. The molecule has 3 amide bonds. The van der Waals surface area contributed by atoms with Gasteiger partial charge in [-0.25, -0.2) is 4.79 Å². The standard InChI is InChI=1S/C25H28N4O2.C20H23NO3/c1-16(2)25(31)29(5)22-13-20(19-8-6-17(3)7-9-19)12-21(14-22)24(30)28-18(4)23-15-26-10-11-27-23;1-13(2)19(22)21(4)18-11-16(10-17(12-18)20(23)24-5)15-8-6-14(3)7-9-15/h6-16,18H,1-5H3,(H,28,30);6-13H,1-5H3. The Morgan fingerprint density at radius 1 is 0.618 bits per heavy atom. The summed E-state index contributed by atoms with van der Waals surface area (Å²) in [5.41, 5.74) is 8.96. The van der Waals surface area contributed by atoms with Gasteiger partial charge in [-0.05, 0) is 79.4 Å². The van der Waals surface area contributed by atoms with E-state index in [4.69, 9.17) is 4.74 Å². The van der Waals surface area contributed by atoms with Gasteiger partial charge in [0.25, 0.3) is 5.91 Å². The quantitative estimate of drug-likeness (QED) is 0.142. The van der Waals surface area contributed by atoms with Crippen molar-refractivity contribution in [2.24, 2.45) is 11.8 Å². The van der Waals surface area contributed by atoms with Crippen molar-refractivity contribution < 1.29 is 23.9 Å². The van der Waals surface area contributed by atoms with Crippen LogP contribution >= 0.6 is 0 Å². The molecule has 0 bridgehead atoms. The molecule has 0 aliphatic rings. The summed E-state index contributed by atoms with van der Waals surface area (Å²) in [6.07, 6.45) is 4.83. The highest BCUT2D eigenvalue weighted by molar-refractivity contribution is 6.00. The number of nitrogens with one attached hydrogen (secondary N) is 1. The van der Waals surface area contributed by atoms with Crippen molar-refractivity contribution in [1.29, 1.82) is 0 Å². The van der Waals surface area contributed by atoms with Crippen molar-refractivity contribution in [3.05, 3.63) is 131 Å². The number of methoxy groups -OCH3 is 1. The average molecular weight is 742 g/mol. The molecule has 1 unspecified atom stereocenters. The molecule has 1 heterocycles. The topological polar surface area (TPSA) is 122 Å². The Kier molecular flexibility index (Phi) is 14.2. The first-order valence-electron chi connectivity index (χ1n) is 18.2. The van der Waals surface area contributed by atoms with E-state index < -0.39 is 5.97 Å². The van der Waals surface area contributed by atoms with Crippen LogP contribution in [-0.4, -0.2) is 54.9 Å². The number of aromatic nitrogens is 2. The number of hydrogen-bond donors (Lipinski definition) is 1. The minimum atomic E-state index is -0.421. The van der Waals surface area contributed by atoms with E-state index in [1.54, 1.807) is 60.7 Å². The van der Waals surface area contributed by atoms with Crippen molar-refractivity contribution in [2.75, 3.05) is 31.0 Å². The molecule has 0 aliphatic heterocycles. The summed E-state index contributed by atoms with van der Waals surface area (Å²) in [5, 5.41) is 2.97. The van der Waals surface area contributed by atoms with E-state index >= 15 is 0 Å². The lowest BCUT2D eigenvalue weighted by molar-refractivity contribution is -0.121. The number of carbonyl (C=O) groups excluding carboxylic acids is 4. The van der Waals surface area contributed by atoms with E-state index in [1.165, 1.54) is 7.11 Å². The largest absolute Gasteiger partial charge is 0.465 e. The van der Waals surface area contributed by atoms with Crippen LogP contribution in [0.4, 0.5) is 11.4 Å². The van der Waals surface area contributed by atoms with Gasteiger partial charge >= 0.3 is 5.97 Å². The van der Waals surface area contributed by atoms with Crippen LogP contribution in [0.25, 0.3) is 22.3 Å². The Hall–Kier alpha value is -6.16. The van der Waals surface area contributed by atoms with Gasteiger partial charge in [0.2, 0.25) is 11.8 Å². The molecule has 4 aromatic carbocycles. The summed E-state index contributed by atoms with van der Waals surface area (Å²) < 4.78 is 4.85. The predicted octanol–water partition coefficient (Wildman–Crippen LogP) is 8.63. The summed E-state index contributed by atoms with van der Waals surface area (Å²) in [6.45, 7) is 13.3. The number of amides is 3. The lowest BCUT2D eigenvalue weighted by Gasteiger charge is -2.22. The number of rotatable bonds is 10. The molecule has 1 aromatic heterocycles. The molecule has 5 aromatic rings. The SMILES string of the molecule is COC(=O)c1cc(-c2ccc(C)cc2)cc(N(C)C(=O)C(C)C)c1.Cc1ccc(-c2cc(C(=O)NC(C)c3cnccn3)cc(N(C)C(=O)C(C)C)c2)cc1. The van der Waals surface area contributed by atoms with Crippen molar-refractivity contribution >= 4 is 35.1 Å². The third-order valence-corrected chi connectivity index (χ3v) is 9.09. The van der Waals surface area contributed by atoms with Crippen molar-refractivity contribution in [3.63, 3.8) is 0 Å². The van der Waals surface area contributed by atoms with Crippen LogP contribution in [0.5, 0.6) is 0 Å². The fraction of sp³-hybridized carbons (Fsp3) is 0.289. The summed E-state index contributed by atoms with van der Waals surface area (Å²) in [6, 6.07) is 26.7. The maximum Gasteiger partial charge on any atom is 0.337 e. The maximum absolute atomic E-state index is 13.1. The number of anilines is 2. The molecular weight excluding hydrogens is 691 g/mol. The van der Waals surface area contributed by atoms with Crippen LogP contribution in [0.1, 0.15) is 78.2 Å². The van der Waals surface area contributed by atoms with Gasteiger partial charge < -0.3 is 19.9 Å². The third-order valence-electron chi connectivity index (χ3n) is 9.09. The predicted molar refractivity (Wildman–Crippen MR) is 219 cm³/mol. The molecule has 0 saturated heterocycles. The number of nitrogens with zero attached hydrogens (tertiary/aromatic N) is 4. The van der Waals surface area contributed by atoms with Gasteiger partial charge in [0, 0.05) is 55.3 Å². The van der Waals surface area contributed by atoms with Crippen molar-refractivity contribution in [3.8, 4) is 22.3 Å². The second kappa shape index (κ2) is 18.7. The van der Waals surface area contributed by atoms with Crippen molar-refractivity contribution in [2.45, 2.75) is 54.5 Å². The van der Waals surface area contributed by atoms with Crippen LogP contribution in [0.15, 0.2) is 104 Å². The fourth-order valence-corrected chi connectivity index (χ4v) is 5.72. The van der Waals surface area contributed by atoms with Gasteiger partial charge in [-0.2, -0.15) is 0 Å². The van der Waals surface area contributed by atoms with E-state index in [0.717, 1.165) is 33.4 Å².